The maximum Gasteiger partial charge on any atom is 0.252 e. The van der Waals surface area contributed by atoms with E-state index in [4.69, 9.17) is 9.72 Å². The lowest BCUT2D eigenvalue weighted by molar-refractivity contribution is 0.0938. The summed E-state index contributed by atoms with van der Waals surface area (Å²) in [5, 5.41) is 8.11. The molecule has 0 bridgehead atoms. The van der Waals surface area contributed by atoms with Crippen LogP contribution in [0.1, 0.15) is 28.5 Å². The molecule has 1 aliphatic rings. The second-order valence-corrected chi connectivity index (χ2v) is 9.68. The Hall–Kier alpha value is -2.78. The Kier molecular flexibility index (Phi) is 5.57. The van der Waals surface area contributed by atoms with Gasteiger partial charge in [-0.1, -0.05) is 30.3 Å². The Bertz CT molecular complexity index is 1190. The van der Waals surface area contributed by atoms with Crippen molar-refractivity contribution in [1.29, 1.82) is 0 Å². The summed E-state index contributed by atoms with van der Waals surface area (Å²) >= 11 is 0. The standard InChI is InChI=1S/C21H24N4O4S/c1-14-19-17(21(26)22-9-10-29-2)12-18(15-6-4-3-5-7-15)23-20(19)25(24-14)16-8-11-30(27,28)13-16/h3-7,12,16H,8-11,13H2,1-2H3,(H,22,26)/t16-/m1/s1. The van der Waals surface area contributed by atoms with Gasteiger partial charge in [-0.3, -0.25) is 4.79 Å². The zero-order chi connectivity index (χ0) is 21.3. The first-order valence-corrected chi connectivity index (χ1v) is 11.6. The third-order valence-electron chi connectivity index (χ3n) is 5.30. The van der Waals surface area contributed by atoms with E-state index < -0.39 is 9.84 Å². The van der Waals surface area contributed by atoms with Gasteiger partial charge >= 0.3 is 0 Å². The van der Waals surface area contributed by atoms with Gasteiger partial charge in [0.05, 0.1) is 46.5 Å². The van der Waals surface area contributed by atoms with Crippen molar-refractivity contribution in [3.8, 4) is 11.3 Å². The van der Waals surface area contributed by atoms with Crippen molar-refractivity contribution in [3.05, 3.63) is 47.7 Å². The second-order valence-electron chi connectivity index (χ2n) is 7.46. The van der Waals surface area contributed by atoms with E-state index in [1.165, 1.54) is 0 Å². The molecule has 30 heavy (non-hydrogen) atoms. The Balaban J connectivity index is 1.87. The third-order valence-corrected chi connectivity index (χ3v) is 7.05. The van der Waals surface area contributed by atoms with Crippen molar-refractivity contribution in [2.45, 2.75) is 19.4 Å². The number of rotatable bonds is 6. The van der Waals surface area contributed by atoms with Gasteiger partial charge in [0.25, 0.3) is 5.91 Å². The number of ether oxygens (including phenoxy) is 1. The van der Waals surface area contributed by atoms with E-state index in [1.54, 1.807) is 17.9 Å². The van der Waals surface area contributed by atoms with Crippen LogP contribution in [0.15, 0.2) is 36.4 Å². The van der Waals surface area contributed by atoms with Gasteiger partial charge in [-0.15, -0.1) is 0 Å². The van der Waals surface area contributed by atoms with Crippen LogP contribution < -0.4 is 5.32 Å². The lowest BCUT2D eigenvalue weighted by atomic mass is 10.0. The molecule has 1 saturated heterocycles. The number of aryl methyl sites for hydroxylation is 1. The highest BCUT2D eigenvalue weighted by atomic mass is 32.2. The minimum atomic E-state index is -3.09. The van der Waals surface area contributed by atoms with Crippen molar-refractivity contribution >= 4 is 26.8 Å². The average molecular weight is 429 g/mol. The van der Waals surface area contributed by atoms with Crippen molar-refractivity contribution in [3.63, 3.8) is 0 Å². The smallest absolute Gasteiger partial charge is 0.252 e. The molecular formula is C21H24N4O4S. The number of carbonyl (C=O) groups excluding carboxylic acids is 1. The molecule has 1 N–H and O–H groups in total. The topological polar surface area (TPSA) is 103 Å². The Labute approximate surface area is 175 Å². The minimum absolute atomic E-state index is 0.0375. The quantitative estimate of drug-likeness (QED) is 0.604. The van der Waals surface area contributed by atoms with Crippen LogP contribution in [0.5, 0.6) is 0 Å². The van der Waals surface area contributed by atoms with Gasteiger partial charge in [-0.2, -0.15) is 5.10 Å². The molecule has 0 saturated carbocycles. The summed E-state index contributed by atoms with van der Waals surface area (Å²) in [6.45, 7) is 2.61. The predicted octanol–water partition coefficient (Wildman–Crippen LogP) is 2.14. The van der Waals surface area contributed by atoms with Gasteiger partial charge in [0.2, 0.25) is 0 Å². The number of nitrogens with zero attached hydrogens (tertiary/aromatic N) is 3. The van der Waals surface area contributed by atoms with Gasteiger partial charge in [0.1, 0.15) is 0 Å². The van der Waals surface area contributed by atoms with E-state index in [2.05, 4.69) is 10.4 Å². The molecule has 158 valence electrons. The van der Waals surface area contributed by atoms with Crippen LogP contribution in [-0.4, -0.2) is 60.9 Å². The first-order chi connectivity index (χ1) is 14.4. The maximum atomic E-state index is 13.0. The summed E-state index contributed by atoms with van der Waals surface area (Å²) in [7, 11) is -1.51. The van der Waals surface area contributed by atoms with Crippen LogP contribution in [0, 0.1) is 6.92 Å². The second kappa shape index (κ2) is 8.16. The molecule has 4 rings (SSSR count). The molecule has 3 heterocycles. The number of sulfone groups is 1. The molecular weight excluding hydrogens is 404 g/mol. The Morgan fingerprint density at radius 3 is 2.73 bits per heavy atom. The molecule has 3 aromatic rings. The van der Waals surface area contributed by atoms with Crippen LogP contribution in [0.25, 0.3) is 22.3 Å². The molecule has 0 unspecified atom stereocenters. The molecule has 9 heteroatoms. The molecule has 1 atom stereocenters. The summed E-state index contributed by atoms with van der Waals surface area (Å²) in [6, 6.07) is 11.1. The molecule has 0 aliphatic carbocycles. The van der Waals surface area contributed by atoms with E-state index in [0.717, 1.165) is 5.56 Å². The number of hydrogen-bond donors (Lipinski definition) is 1. The third kappa shape index (κ3) is 3.95. The average Bonchev–Trinajstić information content (AvgIpc) is 3.27. The number of amides is 1. The highest BCUT2D eigenvalue weighted by Gasteiger charge is 2.32. The molecule has 1 amide bonds. The zero-order valence-corrected chi connectivity index (χ0v) is 17.8. The Morgan fingerprint density at radius 1 is 1.30 bits per heavy atom. The van der Waals surface area contributed by atoms with Gasteiger partial charge < -0.3 is 10.1 Å². The van der Waals surface area contributed by atoms with Gasteiger partial charge in [0.15, 0.2) is 15.5 Å². The number of carbonyl (C=O) groups is 1. The number of pyridine rings is 1. The molecule has 1 aromatic carbocycles. The highest BCUT2D eigenvalue weighted by Crippen LogP contribution is 2.32. The molecule has 1 fully saturated rings. The van der Waals surface area contributed by atoms with Crippen LogP contribution in [0.2, 0.25) is 0 Å². The molecule has 0 spiro atoms. The molecule has 2 aromatic heterocycles. The zero-order valence-electron chi connectivity index (χ0n) is 17.0. The minimum Gasteiger partial charge on any atom is -0.383 e. The van der Waals surface area contributed by atoms with E-state index in [1.807, 2.05) is 37.3 Å². The fourth-order valence-corrected chi connectivity index (χ4v) is 5.53. The van der Waals surface area contributed by atoms with E-state index in [9.17, 15) is 13.2 Å². The summed E-state index contributed by atoms with van der Waals surface area (Å²) in [5.41, 5.74) is 3.17. The van der Waals surface area contributed by atoms with Crippen molar-refractivity contribution in [1.82, 2.24) is 20.1 Å². The molecule has 0 radical (unpaired) electrons. The fraction of sp³-hybridized carbons (Fsp3) is 0.381. The molecule has 1 aliphatic heterocycles. The lowest BCUT2D eigenvalue weighted by Gasteiger charge is -2.12. The largest absolute Gasteiger partial charge is 0.383 e. The van der Waals surface area contributed by atoms with Gasteiger partial charge in [0, 0.05) is 19.2 Å². The number of benzene rings is 1. The lowest BCUT2D eigenvalue weighted by Crippen LogP contribution is -2.27. The monoisotopic (exact) mass is 428 g/mol. The van der Waals surface area contributed by atoms with Crippen molar-refractivity contribution < 1.29 is 17.9 Å². The van der Waals surface area contributed by atoms with Crippen LogP contribution in [0.3, 0.4) is 0 Å². The van der Waals surface area contributed by atoms with E-state index >= 15 is 0 Å². The highest BCUT2D eigenvalue weighted by molar-refractivity contribution is 7.91. The summed E-state index contributed by atoms with van der Waals surface area (Å²) < 4.78 is 30.8. The van der Waals surface area contributed by atoms with Gasteiger partial charge in [-0.25, -0.2) is 18.1 Å². The first kappa shape index (κ1) is 20.5. The first-order valence-electron chi connectivity index (χ1n) is 9.82. The number of methoxy groups -OCH3 is 1. The van der Waals surface area contributed by atoms with Gasteiger partial charge in [-0.05, 0) is 19.4 Å². The summed E-state index contributed by atoms with van der Waals surface area (Å²) in [4.78, 5) is 17.8. The number of aromatic nitrogens is 3. The SMILES string of the molecule is COCCNC(=O)c1cc(-c2ccccc2)nc2c1c(C)nn2[C@@H]1CCS(=O)(=O)C1. The number of fused-ring (bicyclic) bond motifs is 1. The van der Waals surface area contributed by atoms with E-state index in [0.29, 0.717) is 47.6 Å². The Morgan fingerprint density at radius 2 is 2.07 bits per heavy atom. The normalized spacial score (nSPS) is 18.0. The fourth-order valence-electron chi connectivity index (χ4n) is 3.83. The van der Waals surface area contributed by atoms with Crippen molar-refractivity contribution in [2.24, 2.45) is 0 Å². The summed E-state index contributed by atoms with van der Waals surface area (Å²) in [6.07, 6.45) is 0.491. The van der Waals surface area contributed by atoms with Crippen LogP contribution in [-0.2, 0) is 14.6 Å². The predicted molar refractivity (Wildman–Crippen MR) is 114 cm³/mol. The van der Waals surface area contributed by atoms with Crippen LogP contribution in [0.4, 0.5) is 0 Å². The number of nitrogens with one attached hydrogen (secondary N) is 1. The van der Waals surface area contributed by atoms with Crippen LogP contribution >= 0.6 is 0 Å². The van der Waals surface area contributed by atoms with Crippen molar-refractivity contribution in [2.75, 3.05) is 31.8 Å². The van der Waals surface area contributed by atoms with E-state index in [-0.39, 0.29) is 23.5 Å². The maximum absolute atomic E-state index is 13.0. The summed E-state index contributed by atoms with van der Waals surface area (Å²) in [5.74, 6) is -0.0604. The number of hydrogen-bond acceptors (Lipinski definition) is 6. The molecule has 8 nitrogen and oxygen atoms in total.